The maximum Gasteiger partial charge on any atom is 0.124 e. The van der Waals surface area contributed by atoms with Crippen LogP contribution in [0.15, 0.2) is 47.4 Å². The molecule has 0 fully saturated rings. The summed E-state index contributed by atoms with van der Waals surface area (Å²) in [4.78, 5) is 1.39. The molecule has 0 amide bonds. The smallest absolute Gasteiger partial charge is 0.124 e. The molecule has 0 saturated carbocycles. The summed E-state index contributed by atoms with van der Waals surface area (Å²) >= 11 is 1.91. The quantitative estimate of drug-likeness (QED) is 0.865. The van der Waals surface area contributed by atoms with E-state index in [4.69, 9.17) is 10.5 Å². The molecule has 19 heavy (non-hydrogen) atoms. The molecular weight excluding hydrogens is 254 g/mol. The van der Waals surface area contributed by atoms with Crippen LogP contribution >= 0.6 is 11.8 Å². The third kappa shape index (κ3) is 2.56. The Kier molecular flexibility index (Phi) is 3.38. The van der Waals surface area contributed by atoms with Gasteiger partial charge in [-0.2, -0.15) is 0 Å². The lowest BCUT2D eigenvalue weighted by molar-refractivity contribution is 0.316. The second-order valence-corrected chi connectivity index (χ2v) is 6.18. The maximum absolute atomic E-state index is 5.93. The van der Waals surface area contributed by atoms with Crippen LogP contribution in [0.1, 0.15) is 11.1 Å². The highest BCUT2D eigenvalue weighted by Gasteiger charge is 2.22. The van der Waals surface area contributed by atoms with Crippen molar-refractivity contribution >= 4 is 17.4 Å². The minimum absolute atomic E-state index is 0.498. The number of hydrogen-bond donors (Lipinski definition) is 1. The first-order valence-corrected chi connectivity index (χ1v) is 7.34. The molecule has 1 atom stereocenters. The molecule has 1 heterocycles. The first-order chi connectivity index (χ1) is 9.24. The molecule has 0 radical (unpaired) electrons. The number of ether oxygens (including phenoxy) is 1. The van der Waals surface area contributed by atoms with Gasteiger partial charge in [0.1, 0.15) is 12.4 Å². The molecule has 1 aliphatic heterocycles. The molecule has 1 aliphatic rings. The highest BCUT2D eigenvalue weighted by molar-refractivity contribution is 8.00. The summed E-state index contributed by atoms with van der Waals surface area (Å²) in [6.07, 6.45) is 1.09. The van der Waals surface area contributed by atoms with Crippen LogP contribution in [0.5, 0.6) is 5.75 Å². The van der Waals surface area contributed by atoms with Crippen LogP contribution in [0.2, 0.25) is 0 Å². The summed E-state index contributed by atoms with van der Waals surface area (Å²) in [6, 6.07) is 14.4. The summed E-state index contributed by atoms with van der Waals surface area (Å²) in [6.45, 7) is 2.73. The van der Waals surface area contributed by atoms with Gasteiger partial charge in [-0.15, -0.1) is 11.8 Å². The van der Waals surface area contributed by atoms with Gasteiger partial charge in [-0.1, -0.05) is 24.3 Å². The molecule has 0 saturated heterocycles. The van der Waals surface area contributed by atoms with Gasteiger partial charge in [0.2, 0.25) is 0 Å². The van der Waals surface area contributed by atoms with Crippen LogP contribution < -0.4 is 10.5 Å². The second-order valence-electron chi connectivity index (χ2n) is 4.83. The van der Waals surface area contributed by atoms with Crippen LogP contribution in [0.3, 0.4) is 0 Å². The summed E-state index contributed by atoms with van der Waals surface area (Å²) in [5, 5.41) is 0.498. The van der Waals surface area contributed by atoms with Crippen molar-refractivity contribution in [2.24, 2.45) is 0 Å². The Bertz CT molecular complexity index is 572. The van der Waals surface area contributed by atoms with Crippen molar-refractivity contribution in [3.8, 4) is 5.75 Å². The molecule has 2 aromatic rings. The van der Waals surface area contributed by atoms with Gasteiger partial charge in [0, 0.05) is 21.4 Å². The highest BCUT2D eigenvalue weighted by atomic mass is 32.2. The average molecular weight is 271 g/mol. The lowest BCUT2D eigenvalue weighted by Crippen LogP contribution is -2.14. The van der Waals surface area contributed by atoms with E-state index in [1.54, 1.807) is 0 Å². The SMILES string of the molecule is Cc1c(N)cccc1OCC1Cc2ccccc2S1. The van der Waals surface area contributed by atoms with Gasteiger partial charge in [0.05, 0.1) is 0 Å². The van der Waals surface area contributed by atoms with E-state index in [0.717, 1.165) is 30.0 Å². The van der Waals surface area contributed by atoms with Gasteiger partial charge in [-0.3, -0.25) is 0 Å². The van der Waals surface area contributed by atoms with Crippen molar-refractivity contribution in [3.05, 3.63) is 53.6 Å². The monoisotopic (exact) mass is 271 g/mol. The maximum atomic E-state index is 5.93. The lowest BCUT2D eigenvalue weighted by Gasteiger charge is -2.13. The highest BCUT2D eigenvalue weighted by Crippen LogP contribution is 2.37. The van der Waals surface area contributed by atoms with E-state index in [0.29, 0.717) is 5.25 Å². The van der Waals surface area contributed by atoms with Gasteiger partial charge in [-0.05, 0) is 37.1 Å². The fraction of sp³-hybridized carbons (Fsp3) is 0.250. The molecule has 0 aliphatic carbocycles. The standard InChI is InChI=1S/C16H17NOS/c1-11-14(17)6-4-7-15(11)18-10-13-9-12-5-2-3-8-16(12)19-13/h2-8,13H,9-10,17H2,1H3. The van der Waals surface area contributed by atoms with E-state index in [1.165, 1.54) is 10.5 Å². The van der Waals surface area contributed by atoms with Gasteiger partial charge >= 0.3 is 0 Å². The molecule has 0 aromatic heterocycles. The molecule has 2 N–H and O–H groups in total. The van der Waals surface area contributed by atoms with Crippen LogP contribution in [0, 0.1) is 6.92 Å². The molecular formula is C16H17NOS. The molecule has 2 aromatic carbocycles. The van der Waals surface area contributed by atoms with Crippen LogP contribution in [-0.4, -0.2) is 11.9 Å². The average Bonchev–Trinajstić information content (AvgIpc) is 2.83. The summed E-state index contributed by atoms with van der Waals surface area (Å²) in [5.41, 5.74) is 9.15. The van der Waals surface area contributed by atoms with Crippen molar-refractivity contribution in [2.45, 2.75) is 23.5 Å². The fourth-order valence-corrected chi connectivity index (χ4v) is 3.54. The number of nitrogen functional groups attached to an aromatic ring is 1. The predicted molar refractivity (Wildman–Crippen MR) is 80.9 cm³/mol. The molecule has 2 nitrogen and oxygen atoms in total. The van der Waals surface area contributed by atoms with Gasteiger partial charge < -0.3 is 10.5 Å². The molecule has 98 valence electrons. The van der Waals surface area contributed by atoms with Crippen LogP contribution in [0.25, 0.3) is 0 Å². The van der Waals surface area contributed by atoms with E-state index >= 15 is 0 Å². The van der Waals surface area contributed by atoms with Crippen molar-refractivity contribution in [3.63, 3.8) is 0 Å². The number of anilines is 1. The van der Waals surface area contributed by atoms with Crippen LogP contribution in [0.4, 0.5) is 5.69 Å². The molecule has 0 spiro atoms. The Balaban J connectivity index is 1.64. The Labute approximate surface area is 118 Å². The first kappa shape index (κ1) is 12.4. The number of nitrogens with two attached hydrogens (primary N) is 1. The van der Waals surface area contributed by atoms with Gasteiger partial charge in [0.15, 0.2) is 0 Å². The third-order valence-corrected chi connectivity index (χ3v) is 4.75. The second kappa shape index (κ2) is 5.17. The van der Waals surface area contributed by atoms with E-state index in [9.17, 15) is 0 Å². The molecule has 3 heteroatoms. The topological polar surface area (TPSA) is 35.2 Å². The zero-order valence-electron chi connectivity index (χ0n) is 10.9. The van der Waals surface area contributed by atoms with Crippen molar-refractivity contribution < 1.29 is 4.74 Å². The number of hydrogen-bond acceptors (Lipinski definition) is 3. The number of rotatable bonds is 3. The minimum Gasteiger partial charge on any atom is -0.492 e. The van der Waals surface area contributed by atoms with Gasteiger partial charge in [-0.25, -0.2) is 0 Å². The number of fused-ring (bicyclic) bond motifs is 1. The van der Waals surface area contributed by atoms with Crippen LogP contribution in [-0.2, 0) is 6.42 Å². The number of benzene rings is 2. The first-order valence-electron chi connectivity index (χ1n) is 6.46. The Hall–Kier alpha value is -1.61. The fourth-order valence-electron chi connectivity index (χ4n) is 2.32. The summed E-state index contributed by atoms with van der Waals surface area (Å²) in [5.74, 6) is 0.900. The van der Waals surface area contributed by atoms with Gasteiger partial charge in [0.25, 0.3) is 0 Å². The van der Waals surface area contributed by atoms with Crippen molar-refractivity contribution in [1.29, 1.82) is 0 Å². The van der Waals surface area contributed by atoms with Crippen molar-refractivity contribution in [1.82, 2.24) is 0 Å². The van der Waals surface area contributed by atoms with E-state index in [2.05, 4.69) is 24.3 Å². The molecule has 1 unspecified atom stereocenters. The Morgan fingerprint density at radius 1 is 1.21 bits per heavy atom. The molecule has 0 bridgehead atoms. The Morgan fingerprint density at radius 3 is 2.89 bits per heavy atom. The largest absolute Gasteiger partial charge is 0.492 e. The third-order valence-electron chi connectivity index (χ3n) is 3.46. The molecule has 3 rings (SSSR count). The zero-order valence-corrected chi connectivity index (χ0v) is 11.7. The van der Waals surface area contributed by atoms with E-state index in [1.807, 2.05) is 36.9 Å². The minimum atomic E-state index is 0.498. The number of thioether (sulfide) groups is 1. The Morgan fingerprint density at radius 2 is 2.05 bits per heavy atom. The van der Waals surface area contributed by atoms with E-state index in [-0.39, 0.29) is 0 Å². The summed E-state index contributed by atoms with van der Waals surface area (Å²) < 4.78 is 5.93. The normalized spacial score (nSPS) is 17.2. The predicted octanol–water partition coefficient (Wildman–Crippen LogP) is 3.67. The summed E-state index contributed by atoms with van der Waals surface area (Å²) in [7, 11) is 0. The zero-order chi connectivity index (χ0) is 13.2. The van der Waals surface area contributed by atoms with E-state index < -0.39 is 0 Å². The lowest BCUT2D eigenvalue weighted by atomic mass is 10.1. The van der Waals surface area contributed by atoms with Crippen molar-refractivity contribution in [2.75, 3.05) is 12.3 Å².